The number of carbonyl (C=O) groups is 1. The third kappa shape index (κ3) is 4.11. The van der Waals surface area contributed by atoms with Crippen molar-refractivity contribution in [2.75, 3.05) is 32.8 Å². The van der Waals surface area contributed by atoms with Crippen molar-refractivity contribution in [1.82, 2.24) is 14.8 Å². The number of ether oxygens (including phenoxy) is 1. The van der Waals surface area contributed by atoms with Gasteiger partial charge in [-0.15, -0.1) is 0 Å². The van der Waals surface area contributed by atoms with E-state index in [9.17, 15) is 4.79 Å². The SMILES string of the molecule is Cc1cc2ccccc2n1CC(=O)NCC(c1ccccc1)N1CCOCC1. The molecule has 1 N–H and O–H groups in total. The zero-order valence-corrected chi connectivity index (χ0v) is 16.3. The van der Waals surface area contributed by atoms with Crippen LogP contribution in [-0.2, 0) is 16.1 Å². The smallest absolute Gasteiger partial charge is 0.240 e. The highest BCUT2D eigenvalue weighted by Crippen LogP contribution is 2.22. The largest absolute Gasteiger partial charge is 0.379 e. The molecule has 146 valence electrons. The molecule has 1 unspecified atom stereocenters. The normalized spacial score (nSPS) is 16.2. The summed E-state index contributed by atoms with van der Waals surface area (Å²) in [6, 6.07) is 20.9. The fourth-order valence-electron chi connectivity index (χ4n) is 3.99. The second-order valence-electron chi connectivity index (χ2n) is 7.31. The van der Waals surface area contributed by atoms with Gasteiger partial charge in [-0.2, -0.15) is 0 Å². The highest BCUT2D eigenvalue weighted by molar-refractivity contribution is 5.84. The summed E-state index contributed by atoms with van der Waals surface area (Å²) in [6.45, 7) is 6.24. The lowest BCUT2D eigenvalue weighted by Crippen LogP contribution is -2.44. The van der Waals surface area contributed by atoms with Crippen LogP contribution in [-0.4, -0.2) is 48.2 Å². The molecule has 0 saturated carbocycles. The molecule has 1 aromatic heterocycles. The van der Waals surface area contributed by atoms with Gasteiger partial charge in [0.25, 0.3) is 0 Å². The number of amides is 1. The first-order chi connectivity index (χ1) is 13.7. The molecule has 0 radical (unpaired) electrons. The first-order valence-electron chi connectivity index (χ1n) is 9.90. The first-order valence-corrected chi connectivity index (χ1v) is 9.90. The number of carbonyl (C=O) groups excluding carboxylic acids is 1. The van der Waals surface area contributed by atoms with E-state index < -0.39 is 0 Å². The number of hydrogen-bond donors (Lipinski definition) is 1. The molecule has 0 aliphatic carbocycles. The molecule has 1 fully saturated rings. The number of aromatic nitrogens is 1. The number of nitrogens with one attached hydrogen (secondary N) is 1. The number of hydrogen-bond acceptors (Lipinski definition) is 3. The van der Waals surface area contributed by atoms with Crippen molar-refractivity contribution < 1.29 is 9.53 Å². The third-order valence-electron chi connectivity index (χ3n) is 5.48. The van der Waals surface area contributed by atoms with Crippen LogP contribution in [0.3, 0.4) is 0 Å². The monoisotopic (exact) mass is 377 g/mol. The molecule has 2 heterocycles. The Balaban J connectivity index is 1.46. The molecule has 1 aliphatic rings. The van der Waals surface area contributed by atoms with Gasteiger partial charge >= 0.3 is 0 Å². The summed E-state index contributed by atoms with van der Waals surface area (Å²) >= 11 is 0. The van der Waals surface area contributed by atoms with Crippen molar-refractivity contribution in [1.29, 1.82) is 0 Å². The van der Waals surface area contributed by atoms with Crippen LogP contribution in [0.2, 0.25) is 0 Å². The summed E-state index contributed by atoms with van der Waals surface area (Å²) in [5.41, 5.74) is 3.43. The number of para-hydroxylation sites is 1. The minimum Gasteiger partial charge on any atom is -0.379 e. The molecule has 1 aliphatic heterocycles. The Morgan fingerprint density at radius 3 is 2.57 bits per heavy atom. The molecule has 3 aromatic rings. The van der Waals surface area contributed by atoms with Crippen LogP contribution in [0, 0.1) is 6.92 Å². The van der Waals surface area contributed by atoms with Crippen molar-refractivity contribution in [2.45, 2.75) is 19.5 Å². The molecule has 2 aromatic carbocycles. The van der Waals surface area contributed by atoms with E-state index in [0.717, 1.165) is 37.5 Å². The Labute approximate surface area is 165 Å². The lowest BCUT2D eigenvalue weighted by molar-refractivity contribution is -0.122. The van der Waals surface area contributed by atoms with E-state index in [1.165, 1.54) is 10.9 Å². The van der Waals surface area contributed by atoms with E-state index in [1.54, 1.807) is 0 Å². The molecule has 5 heteroatoms. The lowest BCUT2D eigenvalue weighted by Gasteiger charge is -2.35. The van der Waals surface area contributed by atoms with Gasteiger partial charge in [0, 0.05) is 30.8 Å². The molecule has 1 amide bonds. The quantitative estimate of drug-likeness (QED) is 0.718. The Kier molecular flexibility index (Phi) is 5.74. The van der Waals surface area contributed by atoms with Gasteiger partial charge in [0.05, 0.1) is 19.3 Å². The summed E-state index contributed by atoms with van der Waals surface area (Å²) in [5.74, 6) is 0.0404. The second kappa shape index (κ2) is 8.59. The summed E-state index contributed by atoms with van der Waals surface area (Å²) in [7, 11) is 0. The van der Waals surface area contributed by atoms with Gasteiger partial charge in [-0.25, -0.2) is 0 Å². The average Bonchev–Trinajstić information content (AvgIpc) is 3.05. The minimum absolute atomic E-state index is 0.0404. The number of morpholine rings is 1. The summed E-state index contributed by atoms with van der Waals surface area (Å²) in [5, 5.41) is 4.34. The van der Waals surface area contributed by atoms with Crippen LogP contribution in [0.15, 0.2) is 60.7 Å². The minimum atomic E-state index is 0.0404. The number of rotatable bonds is 6. The Hall–Kier alpha value is -2.63. The second-order valence-corrected chi connectivity index (χ2v) is 7.31. The topological polar surface area (TPSA) is 46.5 Å². The molecule has 4 rings (SSSR count). The van der Waals surface area contributed by atoms with Crippen LogP contribution in [0.25, 0.3) is 10.9 Å². The maximum absolute atomic E-state index is 12.7. The summed E-state index contributed by atoms with van der Waals surface area (Å²) in [4.78, 5) is 15.1. The van der Waals surface area contributed by atoms with E-state index in [2.05, 4.69) is 57.2 Å². The van der Waals surface area contributed by atoms with E-state index in [0.29, 0.717) is 13.1 Å². The van der Waals surface area contributed by atoms with Gasteiger partial charge in [0.15, 0.2) is 0 Å². The molecule has 1 saturated heterocycles. The summed E-state index contributed by atoms with van der Waals surface area (Å²) in [6.07, 6.45) is 0. The van der Waals surface area contributed by atoms with Crippen LogP contribution >= 0.6 is 0 Å². The van der Waals surface area contributed by atoms with Crippen molar-refractivity contribution in [3.05, 3.63) is 71.9 Å². The van der Waals surface area contributed by atoms with Gasteiger partial charge < -0.3 is 14.6 Å². The lowest BCUT2D eigenvalue weighted by atomic mass is 10.0. The van der Waals surface area contributed by atoms with Crippen LogP contribution in [0.1, 0.15) is 17.3 Å². The van der Waals surface area contributed by atoms with Crippen molar-refractivity contribution in [3.8, 4) is 0 Å². The van der Waals surface area contributed by atoms with E-state index in [4.69, 9.17) is 4.74 Å². The maximum Gasteiger partial charge on any atom is 0.240 e. The third-order valence-corrected chi connectivity index (χ3v) is 5.48. The maximum atomic E-state index is 12.7. The predicted octanol–water partition coefficient (Wildman–Crippen LogP) is 3.14. The fourth-order valence-corrected chi connectivity index (χ4v) is 3.99. The summed E-state index contributed by atoms with van der Waals surface area (Å²) < 4.78 is 7.58. The molecule has 0 bridgehead atoms. The van der Waals surface area contributed by atoms with E-state index >= 15 is 0 Å². The first kappa shape index (κ1) is 18.7. The Bertz CT molecular complexity index is 929. The molecule has 28 heavy (non-hydrogen) atoms. The zero-order chi connectivity index (χ0) is 19.3. The predicted molar refractivity (Wildman–Crippen MR) is 111 cm³/mol. The highest BCUT2D eigenvalue weighted by Gasteiger charge is 2.23. The molecular formula is C23H27N3O2. The Morgan fingerprint density at radius 1 is 1.07 bits per heavy atom. The average molecular weight is 377 g/mol. The van der Waals surface area contributed by atoms with Gasteiger partial charge in [-0.1, -0.05) is 48.5 Å². The zero-order valence-electron chi connectivity index (χ0n) is 16.3. The van der Waals surface area contributed by atoms with E-state index in [-0.39, 0.29) is 11.9 Å². The molecule has 0 spiro atoms. The number of benzene rings is 2. The highest BCUT2D eigenvalue weighted by atomic mass is 16.5. The van der Waals surface area contributed by atoms with Crippen molar-refractivity contribution in [2.24, 2.45) is 0 Å². The number of aryl methyl sites for hydroxylation is 1. The van der Waals surface area contributed by atoms with Crippen molar-refractivity contribution >= 4 is 16.8 Å². The van der Waals surface area contributed by atoms with Crippen LogP contribution in [0.4, 0.5) is 0 Å². The van der Waals surface area contributed by atoms with Crippen LogP contribution < -0.4 is 5.32 Å². The number of fused-ring (bicyclic) bond motifs is 1. The standard InChI is InChI=1S/C23H27N3O2/c1-18-15-20-9-5-6-10-21(20)26(18)17-23(27)24-16-22(19-7-3-2-4-8-19)25-11-13-28-14-12-25/h2-10,15,22H,11-14,16-17H2,1H3,(H,24,27). The van der Waals surface area contributed by atoms with Gasteiger partial charge in [0.2, 0.25) is 5.91 Å². The molecular weight excluding hydrogens is 350 g/mol. The van der Waals surface area contributed by atoms with Gasteiger partial charge in [0.1, 0.15) is 6.54 Å². The van der Waals surface area contributed by atoms with E-state index in [1.807, 2.05) is 25.1 Å². The molecule has 5 nitrogen and oxygen atoms in total. The number of nitrogens with zero attached hydrogens (tertiary/aromatic N) is 2. The fraction of sp³-hybridized carbons (Fsp3) is 0.348. The van der Waals surface area contributed by atoms with Gasteiger partial charge in [-0.3, -0.25) is 9.69 Å². The molecule has 1 atom stereocenters. The van der Waals surface area contributed by atoms with Crippen molar-refractivity contribution in [3.63, 3.8) is 0 Å². The van der Waals surface area contributed by atoms with Gasteiger partial charge in [-0.05, 0) is 30.0 Å². The Morgan fingerprint density at radius 2 is 1.79 bits per heavy atom. The van der Waals surface area contributed by atoms with Crippen LogP contribution in [0.5, 0.6) is 0 Å².